The Bertz CT molecular complexity index is 334. The number of hydrogen-bond donors (Lipinski definition) is 2. The molecule has 1 saturated heterocycles. The van der Waals surface area contributed by atoms with Crippen LogP contribution in [-0.4, -0.2) is 40.1 Å². The van der Waals surface area contributed by atoms with Gasteiger partial charge in [-0.3, -0.25) is 4.79 Å². The first-order valence-electron chi connectivity index (χ1n) is 5.29. The number of piperidine rings is 1. The van der Waals surface area contributed by atoms with E-state index in [0.29, 0.717) is 25.2 Å². The number of nitrogens with zero attached hydrogens (tertiary/aromatic N) is 1. The van der Waals surface area contributed by atoms with Crippen LogP contribution in [0.15, 0.2) is 18.3 Å². The molecule has 2 atom stereocenters. The molecular weight excluding hydrogens is 192 g/mol. The average Bonchev–Trinajstić information content (AvgIpc) is 2.74. The minimum absolute atomic E-state index is 0.0266. The average molecular weight is 208 g/mol. The van der Waals surface area contributed by atoms with Gasteiger partial charge in [0.05, 0.1) is 6.10 Å². The number of amides is 1. The number of aromatic amines is 1. The van der Waals surface area contributed by atoms with Gasteiger partial charge in [-0.05, 0) is 24.5 Å². The van der Waals surface area contributed by atoms with Gasteiger partial charge in [0.2, 0.25) is 0 Å². The molecule has 0 radical (unpaired) electrons. The standard InChI is InChI=1S/C11H16N2O2/c1-8-7-13(6-4-10(8)14)11(15)9-3-2-5-12-9/h2-3,5,8,10,12,14H,4,6-7H2,1H3. The zero-order valence-corrected chi connectivity index (χ0v) is 8.81. The van der Waals surface area contributed by atoms with Crippen LogP contribution in [-0.2, 0) is 0 Å². The lowest BCUT2D eigenvalue weighted by Crippen LogP contribution is -2.45. The van der Waals surface area contributed by atoms with E-state index >= 15 is 0 Å². The Kier molecular flexibility index (Phi) is 2.77. The number of H-pyrrole nitrogens is 1. The summed E-state index contributed by atoms with van der Waals surface area (Å²) in [7, 11) is 0. The molecule has 1 amide bonds. The molecule has 2 unspecified atom stereocenters. The number of aliphatic hydroxyl groups is 1. The highest BCUT2D eigenvalue weighted by atomic mass is 16.3. The summed E-state index contributed by atoms with van der Waals surface area (Å²) in [6.45, 7) is 3.25. The zero-order valence-electron chi connectivity index (χ0n) is 8.81. The number of hydrogen-bond acceptors (Lipinski definition) is 2. The molecule has 0 saturated carbocycles. The second kappa shape index (κ2) is 4.06. The maximum atomic E-state index is 11.9. The van der Waals surface area contributed by atoms with E-state index in [1.54, 1.807) is 17.2 Å². The predicted octanol–water partition coefficient (Wildman–Crippen LogP) is 0.858. The molecular formula is C11H16N2O2. The van der Waals surface area contributed by atoms with Gasteiger partial charge in [-0.1, -0.05) is 6.92 Å². The Labute approximate surface area is 88.9 Å². The summed E-state index contributed by atoms with van der Waals surface area (Å²) < 4.78 is 0. The smallest absolute Gasteiger partial charge is 0.270 e. The lowest BCUT2D eigenvalue weighted by Gasteiger charge is -2.34. The zero-order chi connectivity index (χ0) is 10.8. The van der Waals surface area contributed by atoms with Crippen molar-refractivity contribution in [2.24, 2.45) is 5.92 Å². The molecule has 0 bridgehead atoms. The van der Waals surface area contributed by atoms with Crippen molar-refractivity contribution in [2.75, 3.05) is 13.1 Å². The van der Waals surface area contributed by atoms with E-state index in [4.69, 9.17) is 0 Å². The highest BCUT2D eigenvalue weighted by molar-refractivity contribution is 5.92. The van der Waals surface area contributed by atoms with Crippen LogP contribution in [0.5, 0.6) is 0 Å². The summed E-state index contributed by atoms with van der Waals surface area (Å²) in [5.74, 6) is 0.191. The van der Waals surface area contributed by atoms with Crippen LogP contribution in [0.3, 0.4) is 0 Å². The third kappa shape index (κ3) is 2.04. The van der Waals surface area contributed by atoms with Crippen molar-refractivity contribution in [3.05, 3.63) is 24.0 Å². The van der Waals surface area contributed by atoms with Gasteiger partial charge in [0.15, 0.2) is 0 Å². The van der Waals surface area contributed by atoms with Crippen LogP contribution in [0.4, 0.5) is 0 Å². The summed E-state index contributed by atoms with van der Waals surface area (Å²) in [5, 5.41) is 9.56. The quantitative estimate of drug-likeness (QED) is 0.719. The van der Waals surface area contributed by atoms with Gasteiger partial charge in [-0.25, -0.2) is 0 Å². The summed E-state index contributed by atoms with van der Waals surface area (Å²) >= 11 is 0. The topological polar surface area (TPSA) is 56.3 Å². The van der Waals surface area contributed by atoms with Crippen molar-refractivity contribution >= 4 is 5.91 Å². The van der Waals surface area contributed by atoms with Gasteiger partial charge in [-0.2, -0.15) is 0 Å². The minimum atomic E-state index is -0.266. The third-order valence-electron chi connectivity index (χ3n) is 2.98. The van der Waals surface area contributed by atoms with E-state index in [9.17, 15) is 9.90 Å². The van der Waals surface area contributed by atoms with Crippen LogP contribution in [0, 0.1) is 5.92 Å². The number of carbonyl (C=O) groups excluding carboxylic acids is 1. The number of aromatic nitrogens is 1. The summed E-state index contributed by atoms with van der Waals surface area (Å²) in [4.78, 5) is 16.6. The molecule has 1 aliphatic rings. The van der Waals surface area contributed by atoms with Crippen molar-refractivity contribution in [1.82, 2.24) is 9.88 Å². The van der Waals surface area contributed by atoms with Gasteiger partial charge in [0.1, 0.15) is 5.69 Å². The molecule has 0 spiro atoms. The highest BCUT2D eigenvalue weighted by Crippen LogP contribution is 2.18. The fourth-order valence-corrected chi connectivity index (χ4v) is 1.95. The molecule has 2 N–H and O–H groups in total. The van der Waals surface area contributed by atoms with Gasteiger partial charge < -0.3 is 15.0 Å². The Morgan fingerprint density at radius 1 is 1.67 bits per heavy atom. The monoisotopic (exact) mass is 208 g/mol. The van der Waals surface area contributed by atoms with Gasteiger partial charge in [-0.15, -0.1) is 0 Å². The normalized spacial score (nSPS) is 26.7. The lowest BCUT2D eigenvalue weighted by atomic mass is 9.96. The highest BCUT2D eigenvalue weighted by Gasteiger charge is 2.27. The van der Waals surface area contributed by atoms with Gasteiger partial charge in [0.25, 0.3) is 5.91 Å². The molecule has 1 fully saturated rings. The Balaban J connectivity index is 2.03. The largest absolute Gasteiger partial charge is 0.393 e. The molecule has 2 rings (SSSR count). The molecule has 4 heteroatoms. The lowest BCUT2D eigenvalue weighted by molar-refractivity contribution is 0.0294. The molecule has 0 aromatic carbocycles. The number of rotatable bonds is 1. The molecule has 1 aromatic rings. The number of nitrogens with one attached hydrogen (secondary N) is 1. The fraction of sp³-hybridized carbons (Fsp3) is 0.545. The van der Waals surface area contributed by atoms with Crippen LogP contribution >= 0.6 is 0 Å². The number of aliphatic hydroxyl groups excluding tert-OH is 1. The van der Waals surface area contributed by atoms with E-state index in [-0.39, 0.29) is 17.9 Å². The van der Waals surface area contributed by atoms with E-state index in [0.717, 1.165) is 0 Å². The second-order valence-corrected chi connectivity index (χ2v) is 4.17. The molecule has 1 aromatic heterocycles. The molecule has 0 aliphatic carbocycles. The predicted molar refractivity (Wildman–Crippen MR) is 56.5 cm³/mol. The van der Waals surface area contributed by atoms with Crippen molar-refractivity contribution in [3.8, 4) is 0 Å². The van der Waals surface area contributed by atoms with Crippen molar-refractivity contribution in [2.45, 2.75) is 19.4 Å². The van der Waals surface area contributed by atoms with Gasteiger partial charge >= 0.3 is 0 Å². The Morgan fingerprint density at radius 2 is 2.47 bits per heavy atom. The first kappa shape index (κ1) is 10.2. The van der Waals surface area contributed by atoms with E-state index in [1.165, 1.54) is 0 Å². The van der Waals surface area contributed by atoms with Crippen LogP contribution in [0.1, 0.15) is 23.8 Å². The Morgan fingerprint density at radius 3 is 3.07 bits per heavy atom. The SMILES string of the molecule is CC1CN(C(=O)c2ccc[nH]2)CCC1O. The summed E-state index contributed by atoms with van der Waals surface area (Å²) in [5.41, 5.74) is 0.624. The maximum Gasteiger partial charge on any atom is 0.270 e. The Hall–Kier alpha value is -1.29. The third-order valence-corrected chi connectivity index (χ3v) is 2.98. The van der Waals surface area contributed by atoms with Crippen molar-refractivity contribution in [3.63, 3.8) is 0 Å². The van der Waals surface area contributed by atoms with Gasteiger partial charge in [0, 0.05) is 19.3 Å². The van der Waals surface area contributed by atoms with Crippen LogP contribution in [0.25, 0.3) is 0 Å². The summed E-state index contributed by atoms with van der Waals surface area (Å²) in [6.07, 6.45) is 2.15. The maximum absolute atomic E-state index is 11.9. The molecule has 2 heterocycles. The van der Waals surface area contributed by atoms with Crippen molar-refractivity contribution in [1.29, 1.82) is 0 Å². The number of likely N-dealkylation sites (tertiary alicyclic amines) is 1. The first-order valence-corrected chi connectivity index (χ1v) is 5.29. The molecule has 15 heavy (non-hydrogen) atoms. The minimum Gasteiger partial charge on any atom is -0.393 e. The number of carbonyl (C=O) groups is 1. The van der Waals surface area contributed by atoms with Crippen LogP contribution < -0.4 is 0 Å². The van der Waals surface area contributed by atoms with E-state index in [1.807, 2.05) is 13.0 Å². The van der Waals surface area contributed by atoms with Crippen molar-refractivity contribution < 1.29 is 9.90 Å². The van der Waals surface area contributed by atoms with E-state index in [2.05, 4.69) is 4.98 Å². The molecule has 1 aliphatic heterocycles. The van der Waals surface area contributed by atoms with Crippen LogP contribution in [0.2, 0.25) is 0 Å². The fourth-order valence-electron chi connectivity index (χ4n) is 1.95. The summed E-state index contributed by atoms with van der Waals surface area (Å²) in [6, 6.07) is 3.59. The molecule has 4 nitrogen and oxygen atoms in total. The second-order valence-electron chi connectivity index (χ2n) is 4.17. The molecule has 82 valence electrons. The van der Waals surface area contributed by atoms with E-state index < -0.39 is 0 Å². The first-order chi connectivity index (χ1) is 7.18.